The van der Waals surface area contributed by atoms with Crippen LogP contribution in [0.4, 0.5) is 4.39 Å². The molecule has 1 aliphatic carbocycles. The molecule has 2 amide bonds. The van der Waals surface area contributed by atoms with Gasteiger partial charge in [0.05, 0.1) is 11.8 Å². The average molecular weight is 306 g/mol. The van der Waals surface area contributed by atoms with Gasteiger partial charge in [0.1, 0.15) is 5.82 Å². The Hall–Kier alpha value is -1.91. The molecule has 2 rings (SSSR count). The zero-order valence-electron chi connectivity index (χ0n) is 13.1. The van der Waals surface area contributed by atoms with Crippen molar-refractivity contribution >= 4 is 11.8 Å². The Morgan fingerprint density at radius 2 is 1.82 bits per heavy atom. The molecule has 4 nitrogen and oxygen atoms in total. The fourth-order valence-electron chi connectivity index (χ4n) is 2.64. The molecule has 1 aromatic rings. The molecule has 2 unspecified atom stereocenters. The van der Waals surface area contributed by atoms with Crippen LogP contribution in [-0.2, 0) is 16.0 Å². The SMILES string of the molecule is CCN(CC)C(=O)C1CC1C(=O)NCCc1ccc(F)cc1. The van der Waals surface area contributed by atoms with E-state index < -0.39 is 0 Å². The molecule has 1 aliphatic rings. The molecule has 0 aliphatic heterocycles. The largest absolute Gasteiger partial charge is 0.356 e. The summed E-state index contributed by atoms with van der Waals surface area (Å²) in [6, 6.07) is 6.25. The fraction of sp³-hybridized carbons (Fsp3) is 0.529. The van der Waals surface area contributed by atoms with Gasteiger partial charge in [-0.3, -0.25) is 9.59 Å². The second kappa shape index (κ2) is 7.38. The van der Waals surface area contributed by atoms with Crippen molar-refractivity contribution in [3.8, 4) is 0 Å². The fourth-order valence-corrected chi connectivity index (χ4v) is 2.64. The number of hydrogen-bond acceptors (Lipinski definition) is 2. The molecule has 1 N–H and O–H groups in total. The maximum absolute atomic E-state index is 12.8. The van der Waals surface area contributed by atoms with Crippen molar-refractivity contribution in [3.05, 3.63) is 35.6 Å². The van der Waals surface area contributed by atoms with Crippen LogP contribution in [0.1, 0.15) is 25.8 Å². The molecule has 5 heteroatoms. The van der Waals surface area contributed by atoms with Crippen LogP contribution in [0.2, 0.25) is 0 Å². The van der Waals surface area contributed by atoms with E-state index in [4.69, 9.17) is 0 Å². The van der Waals surface area contributed by atoms with Gasteiger partial charge in [0.2, 0.25) is 11.8 Å². The summed E-state index contributed by atoms with van der Waals surface area (Å²) in [5.74, 6) is -0.549. The van der Waals surface area contributed by atoms with Crippen LogP contribution in [0, 0.1) is 17.7 Å². The minimum atomic E-state index is -0.261. The first-order valence-corrected chi connectivity index (χ1v) is 7.87. The molecule has 0 heterocycles. The Balaban J connectivity index is 1.73. The summed E-state index contributed by atoms with van der Waals surface area (Å²) >= 11 is 0. The van der Waals surface area contributed by atoms with Crippen LogP contribution in [0.15, 0.2) is 24.3 Å². The quantitative estimate of drug-likeness (QED) is 0.837. The van der Waals surface area contributed by atoms with Gasteiger partial charge in [-0.2, -0.15) is 0 Å². The second-order valence-electron chi connectivity index (χ2n) is 5.63. The summed E-state index contributed by atoms with van der Waals surface area (Å²) in [7, 11) is 0. The van der Waals surface area contributed by atoms with Gasteiger partial charge in [0.25, 0.3) is 0 Å². The maximum Gasteiger partial charge on any atom is 0.226 e. The van der Waals surface area contributed by atoms with Gasteiger partial charge >= 0.3 is 0 Å². The summed E-state index contributed by atoms with van der Waals surface area (Å²) in [6.07, 6.45) is 1.31. The predicted molar refractivity (Wildman–Crippen MR) is 82.6 cm³/mol. The van der Waals surface area contributed by atoms with E-state index in [0.29, 0.717) is 32.5 Å². The van der Waals surface area contributed by atoms with Crippen molar-refractivity contribution in [3.63, 3.8) is 0 Å². The number of nitrogens with one attached hydrogen (secondary N) is 1. The monoisotopic (exact) mass is 306 g/mol. The first kappa shape index (κ1) is 16.5. The van der Waals surface area contributed by atoms with E-state index in [2.05, 4.69) is 5.32 Å². The van der Waals surface area contributed by atoms with E-state index in [1.54, 1.807) is 17.0 Å². The molecular formula is C17H23FN2O2. The van der Waals surface area contributed by atoms with Gasteiger partial charge in [0, 0.05) is 19.6 Å². The van der Waals surface area contributed by atoms with Crippen LogP contribution in [0.25, 0.3) is 0 Å². The van der Waals surface area contributed by atoms with E-state index in [1.165, 1.54) is 12.1 Å². The summed E-state index contributed by atoms with van der Waals surface area (Å²) in [5, 5.41) is 2.86. The second-order valence-corrected chi connectivity index (χ2v) is 5.63. The van der Waals surface area contributed by atoms with Gasteiger partial charge in [-0.15, -0.1) is 0 Å². The third kappa shape index (κ3) is 4.06. The minimum Gasteiger partial charge on any atom is -0.356 e. The lowest BCUT2D eigenvalue weighted by Gasteiger charge is -2.18. The molecular weight excluding hydrogens is 283 g/mol. The molecule has 120 valence electrons. The van der Waals surface area contributed by atoms with Crippen LogP contribution >= 0.6 is 0 Å². The highest BCUT2D eigenvalue weighted by Gasteiger charge is 2.48. The third-order valence-corrected chi connectivity index (χ3v) is 4.15. The Labute approximate surface area is 130 Å². The van der Waals surface area contributed by atoms with Crippen LogP contribution in [0.3, 0.4) is 0 Å². The lowest BCUT2D eigenvalue weighted by molar-refractivity contribution is -0.134. The van der Waals surface area contributed by atoms with Crippen molar-refractivity contribution in [2.24, 2.45) is 11.8 Å². The van der Waals surface area contributed by atoms with E-state index in [-0.39, 0.29) is 29.5 Å². The van der Waals surface area contributed by atoms with E-state index in [0.717, 1.165) is 5.56 Å². The van der Waals surface area contributed by atoms with Crippen LogP contribution in [0.5, 0.6) is 0 Å². The average Bonchev–Trinajstić information content (AvgIpc) is 3.31. The standard InChI is InChI=1S/C17H23FN2O2/c1-3-20(4-2)17(22)15-11-14(15)16(21)19-10-9-12-5-7-13(18)8-6-12/h5-8,14-15H,3-4,9-11H2,1-2H3,(H,19,21). The van der Waals surface area contributed by atoms with Gasteiger partial charge in [-0.05, 0) is 44.4 Å². The lowest BCUT2D eigenvalue weighted by Crippen LogP contribution is -2.34. The number of hydrogen-bond donors (Lipinski definition) is 1. The normalized spacial score (nSPS) is 19.6. The third-order valence-electron chi connectivity index (χ3n) is 4.15. The number of carbonyl (C=O) groups excluding carboxylic acids is 2. The first-order valence-electron chi connectivity index (χ1n) is 7.87. The molecule has 1 aromatic carbocycles. The van der Waals surface area contributed by atoms with Crippen molar-refractivity contribution in [1.82, 2.24) is 10.2 Å². The molecule has 22 heavy (non-hydrogen) atoms. The topological polar surface area (TPSA) is 49.4 Å². The Morgan fingerprint density at radius 1 is 1.18 bits per heavy atom. The van der Waals surface area contributed by atoms with Crippen molar-refractivity contribution in [2.75, 3.05) is 19.6 Å². The van der Waals surface area contributed by atoms with Gasteiger partial charge in [-0.1, -0.05) is 12.1 Å². The Bertz CT molecular complexity index is 526. The molecule has 0 saturated heterocycles. The van der Waals surface area contributed by atoms with Crippen LogP contribution in [-0.4, -0.2) is 36.3 Å². The number of halogens is 1. The molecule has 1 saturated carbocycles. The van der Waals surface area contributed by atoms with Crippen molar-refractivity contribution in [1.29, 1.82) is 0 Å². The van der Waals surface area contributed by atoms with E-state index in [1.807, 2.05) is 13.8 Å². The Morgan fingerprint density at radius 3 is 2.41 bits per heavy atom. The van der Waals surface area contributed by atoms with Gasteiger partial charge < -0.3 is 10.2 Å². The molecule has 0 aromatic heterocycles. The Kier molecular flexibility index (Phi) is 5.52. The number of amides is 2. The number of nitrogens with zero attached hydrogens (tertiary/aromatic N) is 1. The first-order chi connectivity index (χ1) is 10.6. The van der Waals surface area contributed by atoms with Crippen molar-refractivity contribution in [2.45, 2.75) is 26.7 Å². The summed E-state index contributed by atoms with van der Waals surface area (Å²) in [5.41, 5.74) is 0.980. The van der Waals surface area contributed by atoms with E-state index >= 15 is 0 Å². The van der Waals surface area contributed by atoms with E-state index in [9.17, 15) is 14.0 Å². The molecule has 0 spiro atoms. The molecule has 0 bridgehead atoms. The number of carbonyl (C=O) groups is 2. The summed E-state index contributed by atoms with van der Waals surface area (Å²) in [4.78, 5) is 25.9. The maximum atomic E-state index is 12.8. The highest BCUT2D eigenvalue weighted by Crippen LogP contribution is 2.40. The highest BCUT2D eigenvalue weighted by atomic mass is 19.1. The zero-order valence-corrected chi connectivity index (χ0v) is 13.1. The summed E-state index contributed by atoms with van der Waals surface area (Å²) < 4.78 is 12.8. The molecule has 2 atom stereocenters. The smallest absolute Gasteiger partial charge is 0.226 e. The highest BCUT2D eigenvalue weighted by molar-refractivity contribution is 5.92. The minimum absolute atomic E-state index is 0.0485. The van der Waals surface area contributed by atoms with Crippen LogP contribution < -0.4 is 5.32 Å². The van der Waals surface area contributed by atoms with Gasteiger partial charge in [0.15, 0.2) is 0 Å². The van der Waals surface area contributed by atoms with Gasteiger partial charge in [-0.25, -0.2) is 4.39 Å². The predicted octanol–water partition coefficient (Wildman–Crippen LogP) is 1.99. The zero-order chi connectivity index (χ0) is 16.1. The number of benzene rings is 1. The molecule has 1 fully saturated rings. The number of rotatable bonds is 7. The summed E-state index contributed by atoms with van der Waals surface area (Å²) in [6.45, 7) is 5.77. The lowest BCUT2D eigenvalue weighted by atomic mass is 10.1. The van der Waals surface area contributed by atoms with Crippen molar-refractivity contribution < 1.29 is 14.0 Å². The molecule has 0 radical (unpaired) electrons.